The average Bonchev–Trinajstić information content (AvgIpc) is 2.22. The van der Waals surface area contributed by atoms with Crippen molar-refractivity contribution in [3.63, 3.8) is 0 Å². The standard InChI is InChI=1S/C10H11ClN4O/c1-6(2)10(16)13-9-4-3-7(14-15-12)5-8(9)11/h3-6H,1-2H3,(H,13,16). The number of benzene rings is 1. The highest BCUT2D eigenvalue weighted by Gasteiger charge is 2.09. The van der Waals surface area contributed by atoms with Crippen molar-refractivity contribution >= 4 is 28.9 Å². The van der Waals surface area contributed by atoms with Crippen molar-refractivity contribution in [3.8, 4) is 0 Å². The second-order valence-electron chi connectivity index (χ2n) is 3.50. The second-order valence-corrected chi connectivity index (χ2v) is 3.90. The van der Waals surface area contributed by atoms with Gasteiger partial charge in [-0.15, -0.1) is 0 Å². The van der Waals surface area contributed by atoms with E-state index in [-0.39, 0.29) is 11.8 Å². The molecule has 0 bridgehead atoms. The van der Waals surface area contributed by atoms with E-state index in [1.54, 1.807) is 26.0 Å². The fraction of sp³-hybridized carbons (Fsp3) is 0.300. The highest BCUT2D eigenvalue weighted by molar-refractivity contribution is 6.34. The number of nitrogens with zero attached hydrogens (tertiary/aromatic N) is 3. The molecule has 84 valence electrons. The van der Waals surface area contributed by atoms with Crippen LogP contribution in [0.4, 0.5) is 11.4 Å². The normalized spacial score (nSPS) is 9.75. The fourth-order valence-corrected chi connectivity index (χ4v) is 1.22. The van der Waals surface area contributed by atoms with Gasteiger partial charge in [0.2, 0.25) is 5.91 Å². The molecule has 0 aliphatic heterocycles. The van der Waals surface area contributed by atoms with Gasteiger partial charge in [0.15, 0.2) is 0 Å². The highest BCUT2D eigenvalue weighted by atomic mass is 35.5. The number of carbonyl (C=O) groups excluding carboxylic acids is 1. The van der Waals surface area contributed by atoms with E-state index in [2.05, 4.69) is 15.3 Å². The van der Waals surface area contributed by atoms with Crippen LogP contribution in [0.15, 0.2) is 23.3 Å². The fourth-order valence-electron chi connectivity index (χ4n) is 0.996. The molecule has 5 nitrogen and oxygen atoms in total. The first kappa shape index (κ1) is 12.4. The number of amides is 1. The van der Waals surface area contributed by atoms with Crippen LogP contribution >= 0.6 is 11.6 Å². The molecule has 1 N–H and O–H groups in total. The summed E-state index contributed by atoms with van der Waals surface area (Å²) in [6.45, 7) is 3.58. The van der Waals surface area contributed by atoms with Gasteiger partial charge in [-0.2, -0.15) is 0 Å². The molecule has 1 rings (SSSR count). The van der Waals surface area contributed by atoms with Crippen molar-refractivity contribution in [1.82, 2.24) is 0 Å². The largest absolute Gasteiger partial charge is 0.325 e. The van der Waals surface area contributed by atoms with E-state index < -0.39 is 0 Å². The Balaban J connectivity index is 2.91. The molecule has 0 saturated heterocycles. The van der Waals surface area contributed by atoms with E-state index in [0.29, 0.717) is 16.4 Å². The summed E-state index contributed by atoms with van der Waals surface area (Å²) in [7, 11) is 0. The number of hydrogen-bond donors (Lipinski definition) is 1. The Bertz CT molecular complexity index is 452. The van der Waals surface area contributed by atoms with E-state index in [0.717, 1.165) is 0 Å². The Kier molecular flexibility index (Phi) is 4.17. The van der Waals surface area contributed by atoms with Gasteiger partial charge in [0.05, 0.1) is 10.7 Å². The van der Waals surface area contributed by atoms with E-state index in [9.17, 15) is 4.79 Å². The number of hydrogen-bond acceptors (Lipinski definition) is 2. The van der Waals surface area contributed by atoms with E-state index >= 15 is 0 Å². The SMILES string of the molecule is CC(C)C(=O)Nc1ccc(N=[N+]=[N-])cc1Cl. The maximum absolute atomic E-state index is 11.4. The van der Waals surface area contributed by atoms with Gasteiger partial charge in [0.1, 0.15) is 0 Å². The summed E-state index contributed by atoms with van der Waals surface area (Å²) in [5.74, 6) is -0.230. The lowest BCUT2D eigenvalue weighted by molar-refractivity contribution is -0.118. The van der Waals surface area contributed by atoms with Crippen LogP contribution in [0.2, 0.25) is 5.02 Å². The van der Waals surface area contributed by atoms with Gasteiger partial charge in [-0.1, -0.05) is 36.6 Å². The van der Waals surface area contributed by atoms with Crippen LogP contribution in [0.5, 0.6) is 0 Å². The van der Waals surface area contributed by atoms with Crippen LogP contribution in [-0.4, -0.2) is 5.91 Å². The van der Waals surface area contributed by atoms with Gasteiger partial charge in [-0.3, -0.25) is 4.79 Å². The molecule has 0 unspecified atom stereocenters. The number of nitrogens with one attached hydrogen (secondary N) is 1. The van der Waals surface area contributed by atoms with Crippen molar-refractivity contribution < 1.29 is 4.79 Å². The number of anilines is 1. The molecule has 0 heterocycles. The van der Waals surface area contributed by atoms with Crippen LogP contribution < -0.4 is 5.32 Å². The monoisotopic (exact) mass is 238 g/mol. The van der Waals surface area contributed by atoms with Gasteiger partial charge < -0.3 is 5.32 Å². The molecule has 0 spiro atoms. The first-order valence-corrected chi connectivity index (χ1v) is 5.08. The zero-order chi connectivity index (χ0) is 12.1. The molecule has 1 aromatic carbocycles. The summed E-state index contributed by atoms with van der Waals surface area (Å²) >= 11 is 5.92. The molecular weight excluding hydrogens is 228 g/mol. The number of rotatable bonds is 3. The molecule has 0 aliphatic carbocycles. The smallest absolute Gasteiger partial charge is 0.226 e. The van der Waals surface area contributed by atoms with Gasteiger partial charge in [-0.05, 0) is 17.7 Å². The Labute approximate surface area is 98.0 Å². The highest BCUT2D eigenvalue weighted by Crippen LogP contribution is 2.27. The first-order chi connectivity index (χ1) is 7.54. The Morgan fingerprint density at radius 1 is 1.56 bits per heavy atom. The quantitative estimate of drug-likeness (QED) is 0.484. The van der Waals surface area contributed by atoms with E-state index in [4.69, 9.17) is 17.1 Å². The van der Waals surface area contributed by atoms with Gasteiger partial charge in [0.25, 0.3) is 0 Å². The molecule has 16 heavy (non-hydrogen) atoms. The second kappa shape index (κ2) is 5.39. The summed E-state index contributed by atoms with van der Waals surface area (Å²) in [5.41, 5.74) is 9.17. The summed E-state index contributed by atoms with van der Waals surface area (Å²) in [4.78, 5) is 14.1. The Hall–Kier alpha value is -1.71. The topological polar surface area (TPSA) is 77.9 Å². The molecule has 1 amide bonds. The predicted molar refractivity (Wildman–Crippen MR) is 63.7 cm³/mol. The van der Waals surface area contributed by atoms with Crippen molar-refractivity contribution in [3.05, 3.63) is 33.7 Å². The minimum absolute atomic E-state index is 0.113. The third-order valence-electron chi connectivity index (χ3n) is 1.90. The van der Waals surface area contributed by atoms with Crippen LogP contribution in [0.3, 0.4) is 0 Å². The summed E-state index contributed by atoms with van der Waals surface area (Å²) in [6, 6.07) is 4.69. The van der Waals surface area contributed by atoms with Gasteiger partial charge >= 0.3 is 0 Å². The first-order valence-electron chi connectivity index (χ1n) is 4.70. The third-order valence-corrected chi connectivity index (χ3v) is 2.21. The third kappa shape index (κ3) is 3.15. The molecule has 6 heteroatoms. The molecule has 0 atom stereocenters. The van der Waals surface area contributed by atoms with Crippen LogP contribution in [-0.2, 0) is 4.79 Å². The Morgan fingerprint density at radius 3 is 2.75 bits per heavy atom. The molecule has 0 fully saturated rings. The van der Waals surface area contributed by atoms with Crippen molar-refractivity contribution in [2.24, 2.45) is 11.0 Å². The summed E-state index contributed by atoms with van der Waals surface area (Å²) in [6.07, 6.45) is 0. The summed E-state index contributed by atoms with van der Waals surface area (Å²) < 4.78 is 0. The lowest BCUT2D eigenvalue weighted by atomic mass is 10.2. The number of halogens is 1. The van der Waals surface area contributed by atoms with Crippen molar-refractivity contribution in [2.45, 2.75) is 13.8 Å². The molecule has 0 saturated carbocycles. The molecule has 0 aliphatic rings. The van der Waals surface area contributed by atoms with Gasteiger partial charge in [-0.25, -0.2) is 0 Å². The van der Waals surface area contributed by atoms with Crippen LogP contribution in [0.25, 0.3) is 10.4 Å². The van der Waals surface area contributed by atoms with Crippen molar-refractivity contribution in [1.29, 1.82) is 0 Å². The zero-order valence-corrected chi connectivity index (χ0v) is 9.69. The number of azide groups is 1. The molecule has 1 aromatic rings. The molecule has 0 radical (unpaired) electrons. The summed E-state index contributed by atoms with van der Waals surface area (Å²) in [5, 5.41) is 6.43. The maximum atomic E-state index is 11.4. The lowest BCUT2D eigenvalue weighted by Gasteiger charge is -2.09. The zero-order valence-electron chi connectivity index (χ0n) is 8.94. The maximum Gasteiger partial charge on any atom is 0.226 e. The van der Waals surface area contributed by atoms with Crippen LogP contribution in [0.1, 0.15) is 13.8 Å². The van der Waals surface area contributed by atoms with Gasteiger partial charge in [0, 0.05) is 16.5 Å². The predicted octanol–water partition coefficient (Wildman–Crippen LogP) is 3.88. The van der Waals surface area contributed by atoms with Crippen molar-refractivity contribution in [2.75, 3.05) is 5.32 Å². The van der Waals surface area contributed by atoms with E-state index in [1.807, 2.05) is 0 Å². The van der Waals surface area contributed by atoms with E-state index in [1.165, 1.54) is 6.07 Å². The minimum Gasteiger partial charge on any atom is -0.325 e. The average molecular weight is 239 g/mol. The lowest BCUT2D eigenvalue weighted by Crippen LogP contribution is -2.17. The Morgan fingerprint density at radius 2 is 2.25 bits per heavy atom. The minimum atomic E-state index is -0.118. The van der Waals surface area contributed by atoms with Crippen LogP contribution in [0, 0.1) is 5.92 Å². The molecular formula is C10H11ClN4O. The number of carbonyl (C=O) groups is 1. The molecule has 0 aromatic heterocycles.